The summed E-state index contributed by atoms with van der Waals surface area (Å²) in [7, 11) is -4.14. The molecule has 0 aliphatic heterocycles. The number of anilines is 2. The standard InChI is InChI=1S/C27H32FN3O4S/c1-4-30(5-2)23-11-7-21(8-12-23)19-29-27(32)20-31(24-13-15-25(16-14-24)35-6-3)36(33,34)26-17-9-22(28)10-18-26/h7-18H,4-6,19-20H2,1-3H3,(H,29,32). The minimum Gasteiger partial charge on any atom is -0.494 e. The maximum absolute atomic E-state index is 13.4. The molecule has 0 fully saturated rings. The van der Waals surface area contributed by atoms with Crippen LogP contribution in [0, 0.1) is 5.82 Å². The van der Waals surface area contributed by atoms with E-state index >= 15 is 0 Å². The number of carbonyl (C=O) groups is 1. The molecule has 0 bridgehead atoms. The average molecular weight is 514 g/mol. The van der Waals surface area contributed by atoms with Gasteiger partial charge >= 0.3 is 0 Å². The minimum absolute atomic E-state index is 0.113. The number of amides is 1. The number of hydrogen-bond donors (Lipinski definition) is 1. The quantitative estimate of drug-likeness (QED) is 0.384. The van der Waals surface area contributed by atoms with Gasteiger partial charge in [-0.3, -0.25) is 9.10 Å². The van der Waals surface area contributed by atoms with Gasteiger partial charge in [-0.25, -0.2) is 12.8 Å². The summed E-state index contributed by atoms with van der Waals surface area (Å²) in [6, 6.07) is 18.8. The van der Waals surface area contributed by atoms with E-state index in [4.69, 9.17) is 4.74 Å². The second-order valence-electron chi connectivity index (χ2n) is 8.01. The van der Waals surface area contributed by atoms with Gasteiger partial charge in [0, 0.05) is 25.3 Å². The van der Waals surface area contributed by atoms with Crippen LogP contribution >= 0.6 is 0 Å². The zero-order valence-corrected chi connectivity index (χ0v) is 21.6. The summed E-state index contributed by atoms with van der Waals surface area (Å²) in [6.45, 7) is 8.11. The van der Waals surface area contributed by atoms with Crippen molar-refractivity contribution in [1.82, 2.24) is 5.32 Å². The van der Waals surface area contributed by atoms with Crippen molar-refractivity contribution in [1.29, 1.82) is 0 Å². The first-order chi connectivity index (χ1) is 17.3. The summed E-state index contributed by atoms with van der Waals surface area (Å²) >= 11 is 0. The molecule has 3 aromatic rings. The minimum atomic E-state index is -4.14. The van der Waals surface area contributed by atoms with Crippen LogP contribution < -0.4 is 19.3 Å². The van der Waals surface area contributed by atoms with Crippen molar-refractivity contribution >= 4 is 27.3 Å². The molecule has 0 radical (unpaired) electrons. The largest absolute Gasteiger partial charge is 0.494 e. The summed E-state index contributed by atoms with van der Waals surface area (Å²) < 4.78 is 46.7. The highest BCUT2D eigenvalue weighted by molar-refractivity contribution is 7.92. The molecule has 36 heavy (non-hydrogen) atoms. The van der Waals surface area contributed by atoms with Gasteiger partial charge in [-0.15, -0.1) is 0 Å². The topological polar surface area (TPSA) is 79.0 Å². The molecule has 0 atom stereocenters. The van der Waals surface area contributed by atoms with Crippen molar-refractivity contribution in [2.24, 2.45) is 0 Å². The highest BCUT2D eigenvalue weighted by Gasteiger charge is 2.27. The highest BCUT2D eigenvalue weighted by Crippen LogP contribution is 2.26. The van der Waals surface area contributed by atoms with Crippen molar-refractivity contribution in [3.8, 4) is 5.75 Å². The van der Waals surface area contributed by atoms with Crippen molar-refractivity contribution < 1.29 is 22.3 Å². The molecular weight excluding hydrogens is 481 g/mol. The molecule has 192 valence electrons. The second kappa shape index (κ2) is 12.4. The fraction of sp³-hybridized carbons (Fsp3) is 0.296. The van der Waals surface area contributed by atoms with Gasteiger partial charge in [-0.2, -0.15) is 0 Å². The lowest BCUT2D eigenvalue weighted by Crippen LogP contribution is -2.40. The number of nitrogens with one attached hydrogen (secondary N) is 1. The predicted octanol–water partition coefficient (Wildman–Crippen LogP) is 4.58. The SMILES string of the molecule is CCOc1ccc(N(CC(=O)NCc2ccc(N(CC)CC)cc2)S(=O)(=O)c2ccc(F)cc2)cc1. The molecule has 0 aromatic heterocycles. The zero-order chi connectivity index (χ0) is 26.1. The molecule has 9 heteroatoms. The highest BCUT2D eigenvalue weighted by atomic mass is 32.2. The van der Waals surface area contributed by atoms with E-state index in [1.807, 2.05) is 31.2 Å². The van der Waals surface area contributed by atoms with E-state index in [9.17, 15) is 17.6 Å². The van der Waals surface area contributed by atoms with E-state index in [1.165, 1.54) is 12.1 Å². The number of benzene rings is 3. The van der Waals surface area contributed by atoms with Gasteiger partial charge in [-0.1, -0.05) is 12.1 Å². The van der Waals surface area contributed by atoms with Crippen LogP contribution in [0.3, 0.4) is 0 Å². The number of ether oxygens (including phenoxy) is 1. The van der Waals surface area contributed by atoms with Crippen molar-refractivity contribution in [2.45, 2.75) is 32.2 Å². The van der Waals surface area contributed by atoms with E-state index in [-0.39, 0.29) is 11.4 Å². The molecule has 0 unspecified atom stereocenters. The van der Waals surface area contributed by atoms with Gasteiger partial charge in [0.05, 0.1) is 17.2 Å². The van der Waals surface area contributed by atoms with E-state index in [0.29, 0.717) is 18.0 Å². The Bertz CT molecular complexity index is 1230. The molecular formula is C27H32FN3O4S. The van der Waals surface area contributed by atoms with Gasteiger partial charge in [0.25, 0.3) is 10.0 Å². The predicted molar refractivity (Wildman–Crippen MR) is 140 cm³/mol. The first-order valence-electron chi connectivity index (χ1n) is 11.9. The van der Waals surface area contributed by atoms with Crippen LogP contribution in [0.5, 0.6) is 5.75 Å². The smallest absolute Gasteiger partial charge is 0.264 e. The van der Waals surface area contributed by atoms with Crippen LogP contribution in [-0.4, -0.2) is 40.6 Å². The van der Waals surface area contributed by atoms with E-state index in [1.54, 1.807) is 24.3 Å². The molecule has 3 aromatic carbocycles. The number of nitrogens with zero attached hydrogens (tertiary/aromatic N) is 2. The lowest BCUT2D eigenvalue weighted by Gasteiger charge is -2.24. The van der Waals surface area contributed by atoms with E-state index in [0.717, 1.165) is 40.8 Å². The monoisotopic (exact) mass is 513 g/mol. The molecule has 3 rings (SSSR count). The Kier molecular flexibility index (Phi) is 9.30. The van der Waals surface area contributed by atoms with Gasteiger partial charge < -0.3 is 15.0 Å². The van der Waals surface area contributed by atoms with Crippen molar-refractivity contribution in [3.05, 3.63) is 84.2 Å². The second-order valence-corrected chi connectivity index (χ2v) is 9.87. The number of sulfonamides is 1. The average Bonchev–Trinajstić information content (AvgIpc) is 2.88. The Labute approximate surface area is 212 Å². The van der Waals surface area contributed by atoms with Gasteiger partial charge in [0.2, 0.25) is 5.91 Å². The van der Waals surface area contributed by atoms with Gasteiger partial charge in [0.1, 0.15) is 18.1 Å². The van der Waals surface area contributed by atoms with Crippen LogP contribution in [0.25, 0.3) is 0 Å². The maximum atomic E-state index is 13.4. The van der Waals surface area contributed by atoms with Crippen LogP contribution in [0.4, 0.5) is 15.8 Å². The van der Waals surface area contributed by atoms with Crippen LogP contribution in [-0.2, 0) is 21.4 Å². The summed E-state index contributed by atoms with van der Waals surface area (Å²) in [5.41, 5.74) is 2.29. The fourth-order valence-electron chi connectivity index (χ4n) is 3.72. The van der Waals surface area contributed by atoms with Gasteiger partial charge in [0.15, 0.2) is 0 Å². The molecule has 0 spiro atoms. The molecule has 0 saturated heterocycles. The van der Waals surface area contributed by atoms with Gasteiger partial charge in [-0.05, 0) is 87.0 Å². The Morgan fingerprint density at radius 3 is 2.00 bits per heavy atom. The Balaban J connectivity index is 1.78. The molecule has 0 aliphatic rings. The first-order valence-corrected chi connectivity index (χ1v) is 13.3. The third-order valence-electron chi connectivity index (χ3n) is 5.68. The number of carbonyl (C=O) groups excluding carboxylic acids is 1. The molecule has 0 heterocycles. The van der Waals surface area contributed by atoms with Crippen molar-refractivity contribution in [2.75, 3.05) is 35.4 Å². The third-order valence-corrected chi connectivity index (χ3v) is 7.47. The van der Waals surface area contributed by atoms with E-state index < -0.39 is 28.3 Å². The summed E-state index contributed by atoms with van der Waals surface area (Å²) in [5, 5.41) is 2.80. The molecule has 0 aliphatic carbocycles. The zero-order valence-electron chi connectivity index (χ0n) is 20.8. The first kappa shape index (κ1) is 27.0. The molecule has 0 saturated carbocycles. The normalized spacial score (nSPS) is 11.1. The summed E-state index contributed by atoms with van der Waals surface area (Å²) in [4.78, 5) is 15.0. The lowest BCUT2D eigenvalue weighted by atomic mass is 10.2. The Hall–Kier alpha value is -3.59. The Morgan fingerprint density at radius 2 is 1.44 bits per heavy atom. The summed E-state index contributed by atoms with van der Waals surface area (Å²) in [6.07, 6.45) is 0. The summed E-state index contributed by atoms with van der Waals surface area (Å²) in [5.74, 6) is -0.438. The molecule has 1 amide bonds. The Morgan fingerprint density at radius 1 is 0.861 bits per heavy atom. The van der Waals surface area contributed by atoms with Crippen molar-refractivity contribution in [3.63, 3.8) is 0 Å². The van der Waals surface area contributed by atoms with Crippen LogP contribution in [0.2, 0.25) is 0 Å². The maximum Gasteiger partial charge on any atom is 0.264 e. The van der Waals surface area contributed by atoms with Crippen LogP contribution in [0.15, 0.2) is 77.7 Å². The van der Waals surface area contributed by atoms with Crippen LogP contribution in [0.1, 0.15) is 26.3 Å². The third kappa shape index (κ3) is 6.75. The molecule has 7 nitrogen and oxygen atoms in total. The molecule has 1 N–H and O–H groups in total. The number of hydrogen-bond acceptors (Lipinski definition) is 5. The lowest BCUT2D eigenvalue weighted by molar-refractivity contribution is -0.119. The van der Waals surface area contributed by atoms with E-state index in [2.05, 4.69) is 24.1 Å². The number of halogens is 1. The number of rotatable bonds is 12. The fourth-order valence-corrected chi connectivity index (χ4v) is 5.15.